The van der Waals surface area contributed by atoms with Gasteiger partial charge in [-0.3, -0.25) is 0 Å². The van der Waals surface area contributed by atoms with E-state index < -0.39 is 0 Å². The predicted octanol–water partition coefficient (Wildman–Crippen LogP) is 3.43. The Morgan fingerprint density at radius 1 is 1.37 bits per heavy atom. The fourth-order valence-electron chi connectivity index (χ4n) is 2.43. The normalized spacial score (nSPS) is 23.3. The molecule has 19 heavy (non-hydrogen) atoms. The lowest BCUT2D eigenvalue weighted by Gasteiger charge is -2.19. The first-order chi connectivity index (χ1) is 9.00. The maximum atomic E-state index is 5.99. The fraction of sp³-hybridized carbons (Fsp3) is 0.625. The van der Waals surface area contributed by atoms with Gasteiger partial charge in [0.25, 0.3) is 0 Å². The van der Waals surface area contributed by atoms with Crippen LogP contribution in [-0.4, -0.2) is 18.3 Å². The van der Waals surface area contributed by atoms with Gasteiger partial charge in [-0.25, -0.2) is 0 Å². The Kier molecular flexibility index (Phi) is 4.48. The third-order valence-corrected chi connectivity index (χ3v) is 3.74. The highest BCUT2D eigenvalue weighted by molar-refractivity contribution is 5.29. The van der Waals surface area contributed by atoms with Crippen molar-refractivity contribution in [3.8, 4) is 5.75 Å². The van der Waals surface area contributed by atoms with Gasteiger partial charge >= 0.3 is 0 Å². The van der Waals surface area contributed by atoms with Gasteiger partial charge in [-0.2, -0.15) is 0 Å². The maximum absolute atomic E-state index is 5.99. The first kappa shape index (κ1) is 14.4. The molecule has 1 unspecified atom stereocenters. The van der Waals surface area contributed by atoms with E-state index in [9.17, 15) is 0 Å². The number of hydrogen-bond acceptors (Lipinski definition) is 3. The third-order valence-electron chi connectivity index (χ3n) is 3.74. The molecule has 0 radical (unpaired) electrons. The third kappa shape index (κ3) is 3.95. The summed E-state index contributed by atoms with van der Waals surface area (Å²) >= 11 is 0. The van der Waals surface area contributed by atoms with Crippen LogP contribution in [0.1, 0.15) is 51.6 Å². The number of ether oxygens (including phenoxy) is 2. The minimum Gasteiger partial charge on any atom is -0.491 e. The zero-order valence-electron chi connectivity index (χ0n) is 12.2. The molecule has 2 N–H and O–H groups in total. The average Bonchev–Trinajstić information content (AvgIpc) is 2.76. The largest absolute Gasteiger partial charge is 0.491 e. The van der Waals surface area contributed by atoms with E-state index in [-0.39, 0.29) is 17.7 Å². The molecule has 1 aromatic rings. The molecule has 0 saturated carbocycles. The lowest BCUT2D eigenvalue weighted by Crippen LogP contribution is -2.23. The number of hydrogen-bond donors (Lipinski definition) is 1. The molecule has 3 heteroatoms. The van der Waals surface area contributed by atoms with E-state index in [1.807, 2.05) is 24.3 Å². The quantitative estimate of drug-likeness (QED) is 0.885. The fourth-order valence-corrected chi connectivity index (χ4v) is 2.43. The first-order valence-electron chi connectivity index (χ1n) is 7.16. The lowest BCUT2D eigenvalue weighted by molar-refractivity contribution is -0.0326. The van der Waals surface area contributed by atoms with Crippen LogP contribution in [0.3, 0.4) is 0 Å². The van der Waals surface area contributed by atoms with Crippen molar-refractivity contribution in [2.75, 3.05) is 6.61 Å². The maximum Gasteiger partial charge on any atom is 0.119 e. The van der Waals surface area contributed by atoms with Gasteiger partial charge in [0, 0.05) is 6.04 Å². The van der Waals surface area contributed by atoms with Crippen molar-refractivity contribution in [3.05, 3.63) is 29.8 Å². The molecule has 3 nitrogen and oxygen atoms in total. The minimum absolute atomic E-state index is 0.00574. The highest BCUT2D eigenvalue weighted by atomic mass is 16.6. The summed E-state index contributed by atoms with van der Waals surface area (Å²) in [6.07, 6.45) is 3.34. The van der Waals surface area contributed by atoms with Crippen LogP contribution in [0.25, 0.3) is 0 Å². The van der Waals surface area contributed by atoms with Gasteiger partial charge in [-0.1, -0.05) is 19.1 Å². The average molecular weight is 263 g/mol. The Hall–Kier alpha value is -1.06. The number of rotatable bonds is 5. The highest BCUT2D eigenvalue weighted by Gasteiger charge is 2.31. The van der Waals surface area contributed by atoms with E-state index in [0.29, 0.717) is 6.61 Å². The van der Waals surface area contributed by atoms with Crippen molar-refractivity contribution in [3.63, 3.8) is 0 Å². The monoisotopic (exact) mass is 263 g/mol. The molecule has 1 heterocycles. The van der Waals surface area contributed by atoms with Crippen molar-refractivity contribution in [2.24, 2.45) is 5.73 Å². The molecule has 2 atom stereocenters. The van der Waals surface area contributed by atoms with Crippen LogP contribution >= 0.6 is 0 Å². The molecule has 1 fully saturated rings. The molecular weight excluding hydrogens is 238 g/mol. The van der Waals surface area contributed by atoms with Crippen molar-refractivity contribution in [2.45, 2.75) is 57.8 Å². The molecule has 0 spiro atoms. The van der Waals surface area contributed by atoms with Crippen molar-refractivity contribution in [1.29, 1.82) is 0 Å². The minimum atomic E-state index is 0.00574. The predicted molar refractivity (Wildman–Crippen MR) is 77.3 cm³/mol. The summed E-state index contributed by atoms with van der Waals surface area (Å²) in [5.74, 6) is 0.889. The SMILES string of the molecule is CC[C@H](N)c1ccc(OCC2CCC(C)(C)O2)cc1. The van der Waals surface area contributed by atoms with Gasteiger partial charge in [-0.05, 0) is 50.8 Å². The van der Waals surface area contributed by atoms with Gasteiger partial charge in [-0.15, -0.1) is 0 Å². The van der Waals surface area contributed by atoms with Crippen LogP contribution in [-0.2, 0) is 4.74 Å². The van der Waals surface area contributed by atoms with Gasteiger partial charge < -0.3 is 15.2 Å². The second-order valence-corrected chi connectivity index (χ2v) is 5.93. The molecule has 1 aromatic carbocycles. The second kappa shape index (κ2) is 5.93. The Bertz CT molecular complexity index is 400. The van der Waals surface area contributed by atoms with Crippen molar-refractivity contribution < 1.29 is 9.47 Å². The van der Waals surface area contributed by atoms with Gasteiger partial charge in [0.1, 0.15) is 12.4 Å². The van der Waals surface area contributed by atoms with Gasteiger partial charge in [0.15, 0.2) is 0 Å². The number of benzene rings is 1. The molecule has 1 saturated heterocycles. The first-order valence-corrected chi connectivity index (χ1v) is 7.16. The van der Waals surface area contributed by atoms with Crippen molar-refractivity contribution >= 4 is 0 Å². The van der Waals surface area contributed by atoms with Crippen LogP contribution in [0.15, 0.2) is 24.3 Å². The van der Waals surface area contributed by atoms with Crippen LogP contribution < -0.4 is 10.5 Å². The molecule has 0 amide bonds. The Balaban J connectivity index is 1.84. The van der Waals surface area contributed by atoms with E-state index >= 15 is 0 Å². The molecule has 2 rings (SSSR count). The topological polar surface area (TPSA) is 44.5 Å². The molecule has 0 aromatic heterocycles. The van der Waals surface area contributed by atoms with Crippen LogP contribution in [0.4, 0.5) is 0 Å². The molecular formula is C16H25NO2. The summed E-state index contributed by atoms with van der Waals surface area (Å²) in [5.41, 5.74) is 7.15. The van der Waals surface area contributed by atoms with Crippen LogP contribution in [0, 0.1) is 0 Å². The standard InChI is InChI=1S/C16H25NO2/c1-4-15(17)12-5-7-13(8-6-12)18-11-14-9-10-16(2,3)19-14/h5-8,14-15H,4,9-11,17H2,1-3H3/t14?,15-/m0/s1. The Morgan fingerprint density at radius 3 is 2.58 bits per heavy atom. The molecule has 0 bridgehead atoms. The molecule has 1 aliphatic rings. The van der Waals surface area contributed by atoms with E-state index in [4.69, 9.17) is 15.2 Å². The molecule has 106 valence electrons. The second-order valence-electron chi connectivity index (χ2n) is 5.93. The summed E-state index contributed by atoms with van der Waals surface area (Å²) in [6.45, 7) is 6.98. The van der Waals surface area contributed by atoms with Crippen LogP contribution in [0.5, 0.6) is 5.75 Å². The lowest BCUT2D eigenvalue weighted by atomic mass is 10.1. The van der Waals surface area contributed by atoms with E-state index in [0.717, 1.165) is 30.6 Å². The summed E-state index contributed by atoms with van der Waals surface area (Å²) in [6, 6.07) is 8.19. The zero-order chi connectivity index (χ0) is 13.9. The summed E-state index contributed by atoms with van der Waals surface area (Å²) < 4.78 is 11.7. The van der Waals surface area contributed by atoms with Crippen molar-refractivity contribution in [1.82, 2.24) is 0 Å². The highest BCUT2D eigenvalue weighted by Crippen LogP contribution is 2.29. The summed E-state index contributed by atoms with van der Waals surface area (Å²) in [4.78, 5) is 0. The van der Waals surface area contributed by atoms with E-state index in [1.54, 1.807) is 0 Å². The van der Waals surface area contributed by atoms with Crippen LogP contribution in [0.2, 0.25) is 0 Å². The molecule has 1 aliphatic heterocycles. The summed E-state index contributed by atoms with van der Waals surface area (Å²) in [7, 11) is 0. The van der Waals surface area contributed by atoms with Gasteiger partial charge in [0.2, 0.25) is 0 Å². The van der Waals surface area contributed by atoms with E-state index in [2.05, 4.69) is 20.8 Å². The smallest absolute Gasteiger partial charge is 0.119 e. The Labute approximate surface area is 116 Å². The van der Waals surface area contributed by atoms with Gasteiger partial charge in [0.05, 0.1) is 11.7 Å². The van der Waals surface area contributed by atoms with E-state index in [1.165, 1.54) is 0 Å². The number of nitrogens with two attached hydrogens (primary N) is 1. The zero-order valence-corrected chi connectivity index (χ0v) is 12.2. The molecule has 0 aliphatic carbocycles. The Morgan fingerprint density at radius 2 is 2.05 bits per heavy atom. The summed E-state index contributed by atoms with van der Waals surface area (Å²) in [5, 5.41) is 0.